The molecule has 0 radical (unpaired) electrons. The molecular formula is C11H16N2O3S. The Labute approximate surface area is 101 Å². The zero-order chi connectivity index (χ0) is 12.9. The van der Waals surface area contributed by atoms with Gasteiger partial charge in [0.2, 0.25) is 0 Å². The van der Waals surface area contributed by atoms with E-state index >= 15 is 0 Å². The molecule has 1 aromatic heterocycles. The minimum Gasteiger partial charge on any atom is -0.349 e. The van der Waals surface area contributed by atoms with Crippen molar-refractivity contribution in [3.05, 3.63) is 30.1 Å². The van der Waals surface area contributed by atoms with Crippen LogP contribution in [0.25, 0.3) is 0 Å². The number of hydrogen-bond acceptors (Lipinski definition) is 4. The molecule has 0 aliphatic rings. The molecule has 5 nitrogen and oxygen atoms in total. The number of pyridine rings is 1. The summed E-state index contributed by atoms with van der Waals surface area (Å²) < 4.78 is 22.7. The molecule has 1 amide bonds. The van der Waals surface area contributed by atoms with Crippen LogP contribution in [-0.4, -0.2) is 36.9 Å². The molecular weight excluding hydrogens is 240 g/mol. The van der Waals surface area contributed by atoms with Crippen molar-refractivity contribution in [2.75, 3.05) is 11.5 Å². The molecule has 0 saturated heterocycles. The Kier molecular flexibility index (Phi) is 4.62. The maximum absolute atomic E-state index is 11.7. The fraction of sp³-hybridized carbons (Fsp3) is 0.455. The van der Waals surface area contributed by atoms with E-state index in [9.17, 15) is 13.2 Å². The zero-order valence-corrected chi connectivity index (χ0v) is 10.7. The molecule has 1 heterocycles. The third kappa shape index (κ3) is 4.52. The number of carbonyl (C=O) groups is 1. The van der Waals surface area contributed by atoms with Crippen molar-refractivity contribution in [3.8, 4) is 0 Å². The van der Waals surface area contributed by atoms with E-state index in [-0.39, 0.29) is 17.4 Å². The lowest BCUT2D eigenvalue weighted by Gasteiger charge is -2.13. The van der Waals surface area contributed by atoms with E-state index in [1.807, 2.05) is 0 Å². The first kappa shape index (κ1) is 13.6. The molecule has 94 valence electrons. The molecule has 1 rings (SSSR count). The number of rotatable bonds is 5. The molecule has 0 saturated carbocycles. The summed E-state index contributed by atoms with van der Waals surface area (Å²) in [4.78, 5) is 15.5. The average Bonchev–Trinajstić information content (AvgIpc) is 2.29. The molecule has 0 fully saturated rings. The van der Waals surface area contributed by atoms with Gasteiger partial charge in [0, 0.05) is 24.2 Å². The molecule has 0 aliphatic heterocycles. The molecule has 1 N–H and O–H groups in total. The Morgan fingerprint density at radius 2 is 2.24 bits per heavy atom. The fourth-order valence-corrected chi connectivity index (χ4v) is 2.43. The molecule has 1 unspecified atom stereocenters. The van der Waals surface area contributed by atoms with Crippen LogP contribution in [0.4, 0.5) is 0 Å². The SMILES string of the molecule is CCS(=O)(=O)CC(C)NC(=O)c1cccnc1. The third-order valence-corrected chi connectivity index (χ3v) is 4.13. The molecule has 0 spiro atoms. The van der Waals surface area contributed by atoms with Crippen molar-refractivity contribution in [2.45, 2.75) is 19.9 Å². The summed E-state index contributed by atoms with van der Waals surface area (Å²) in [6.07, 6.45) is 3.01. The first-order valence-electron chi connectivity index (χ1n) is 5.36. The van der Waals surface area contributed by atoms with E-state index in [1.165, 1.54) is 6.20 Å². The first-order chi connectivity index (χ1) is 7.94. The number of sulfone groups is 1. The van der Waals surface area contributed by atoms with Crippen LogP contribution in [-0.2, 0) is 9.84 Å². The van der Waals surface area contributed by atoms with E-state index in [1.54, 1.807) is 32.2 Å². The summed E-state index contributed by atoms with van der Waals surface area (Å²) in [5, 5.41) is 2.63. The van der Waals surface area contributed by atoms with Gasteiger partial charge in [0.1, 0.15) is 0 Å². The van der Waals surface area contributed by atoms with E-state index in [0.29, 0.717) is 5.56 Å². The minimum absolute atomic E-state index is 0.0461. The van der Waals surface area contributed by atoms with Gasteiger partial charge < -0.3 is 5.32 Å². The van der Waals surface area contributed by atoms with Gasteiger partial charge in [-0.1, -0.05) is 6.92 Å². The van der Waals surface area contributed by atoms with Gasteiger partial charge in [-0.2, -0.15) is 0 Å². The van der Waals surface area contributed by atoms with Crippen molar-refractivity contribution < 1.29 is 13.2 Å². The van der Waals surface area contributed by atoms with E-state index in [2.05, 4.69) is 10.3 Å². The topological polar surface area (TPSA) is 76.1 Å². The normalized spacial score (nSPS) is 13.1. The van der Waals surface area contributed by atoms with E-state index in [4.69, 9.17) is 0 Å². The van der Waals surface area contributed by atoms with Crippen LogP contribution < -0.4 is 5.32 Å². The van der Waals surface area contributed by atoms with E-state index in [0.717, 1.165) is 0 Å². The second-order valence-corrected chi connectivity index (χ2v) is 6.21. The average molecular weight is 256 g/mol. The highest BCUT2D eigenvalue weighted by Crippen LogP contribution is 1.99. The largest absolute Gasteiger partial charge is 0.349 e. The van der Waals surface area contributed by atoms with Gasteiger partial charge in [0.05, 0.1) is 11.3 Å². The summed E-state index contributed by atoms with van der Waals surface area (Å²) in [5.74, 6) is -0.271. The third-order valence-electron chi connectivity index (χ3n) is 2.24. The predicted molar refractivity (Wildman–Crippen MR) is 65.5 cm³/mol. The molecule has 1 atom stereocenters. The zero-order valence-electron chi connectivity index (χ0n) is 9.88. The maximum atomic E-state index is 11.7. The summed E-state index contributed by atoms with van der Waals surface area (Å²) in [6, 6.07) is 2.87. The van der Waals surface area contributed by atoms with Gasteiger partial charge in [-0.3, -0.25) is 9.78 Å². The first-order valence-corrected chi connectivity index (χ1v) is 7.18. The number of amides is 1. The van der Waals surface area contributed by atoms with Gasteiger partial charge in [-0.05, 0) is 19.1 Å². The number of aromatic nitrogens is 1. The van der Waals surface area contributed by atoms with Crippen LogP contribution in [0.1, 0.15) is 24.2 Å². The lowest BCUT2D eigenvalue weighted by Crippen LogP contribution is -2.38. The Bertz CT molecular complexity index is 471. The number of nitrogens with zero attached hydrogens (tertiary/aromatic N) is 1. The van der Waals surface area contributed by atoms with Gasteiger partial charge in [0.25, 0.3) is 5.91 Å². The predicted octanol–water partition coefficient (Wildman–Crippen LogP) is 0.635. The number of hydrogen-bond donors (Lipinski definition) is 1. The Hall–Kier alpha value is -1.43. The van der Waals surface area contributed by atoms with Crippen molar-refractivity contribution in [1.82, 2.24) is 10.3 Å². The summed E-state index contributed by atoms with van der Waals surface area (Å²) in [6.45, 7) is 3.26. The van der Waals surface area contributed by atoms with Crippen LogP contribution in [0.5, 0.6) is 0 Å². The monoisotopic (exact) mass is 256 g/mol. The molecule has 0 aromatic carbocycles. The van der Waals surface area contributed by atoms with Crippen molar-refractivity contribution >= 4 is 15.7 Å². The lowest BCUT2D eigenvalue weighted by atomic mass is 10.2. The number of carbonyl (C=O) groups excluding carboxylic acids is 1. The standard InChI is InChI=1S/C11H16N2O3S/c1-3-17(15,16)8-9(2)13-11(14)10-5-4-6-12-7-10/h4-7,9H,3,8H2,1-2H3,(H,13,14). The van der Waals surface area contributed by atoms with Crippen LogP contribution in [0.3, 0.4) is 0 Å². The molecule has 1 aromatic rings. The molecule has 0 bridgehead atoms. The second kappa shape index (κ2) is 5.77. The van der Waals surface area contributed by atoms with Crippen LogP contribution >= 0.6 is 0 Å². The van der Waals surface area contributed by atoms with Crippen LogP contribution in [0, 0.1) is 0 Å². The summed E-state index contributed by atoms with van der Waals surface area (Å²) >= 11 is 0. The summed E-state index contributed by atoms with van der Waals surface area (Å²) in [7, 11) is -3.08. The van der Waals surface area contributed by atoms with E-state index < -0.39 is 15.9 Å². The number of nitrogens with one attached hydrogen (secondary N) is 1. The highest BCUT2D eigenvalue weighted by Gasteiger charge is 2.16. The Morgan fingerprint density at radius 1 is 1.53 bits per heavy atom. The van der Waals surface area contributed by atoms with Crippen LogP contribution in [0.15, 0.2) is 24.5 Å². The Balaban J connectivity index is 2.59. The second-order valence-electron chi connectivity index (χ2n) is 3.82. The van der Waals surface area contributed by atoms with Gasteiger partial charge in [-0.25, -0.2) is 8.42 Å². The molecule has 0 aliphatic carbocycles. The molecule has 17 heavy (non-hydrogen) atoms. The summed E-state index contributed by atoms with van der Waals surface area (Å²) in [5.41, 5.74) is 0.424. The van der Waals surface area contributed by atoms with Gasteiger partial charge in [-0.15, -0.1) is 0 Å². The van der Waals surface area contributed by atoms with Crippen molar-refractivity contribution in [3.63, 3.8) is 0 Å². The molecule has 6 heteroatoms. The quantitative estimate of drug-likeness (QED) is 0.838. The minimum atomic E-state index is -3.08. The van der Waals surface area contributed by atoms with Crippen molar-refractivity contribution in [1.29, 1.82) is 0 Å². The van der Waals surface area contributed by atoms with Gasteiger partial charge in [0.15, 0.2) is 9.84 Å². The fourth-order valence-electron chi connectivity index (χ4n) is 1.34. The highest BCUT2D eigenvalue weighted by molar-refractivity contribution is 7.91. The maximum Gasteiger partial charge on any atom is 0.253 e. The smallest absolute Gasteiger partial charge is 0.253 e. The highest BCUT2D eigenvalue weighted by atomic mass is 32.2. The Morgan fingerprint density at radius 3 is 2.76 bits per heavy atom. The van der Waals surface area contributed by atoms with Crippen molar-refractivity contribution in [2.24, 2.45) is 0 Å². The van der Waals surface area contributed by atoms with Crippen LogP contribution in [0.2, 0.25) is 0 Å². The lowest BCUT2D eigenvalue weighted by molar-refractivity contribution is 0.0943. The van der Waals surface area contributed by atoms with Gasteiger partial charge >= 0.3 is 0 Å².